The standard InChI is InChI=1S/C15H16N4O3S2/c1-3-16-14-18-19-15(24-14)23-8(2)13(21)9-4-5-11-10(6-9)17-12(20)7-22-11/h4-6,8H,3,7H2,1-2H3,(H,16,18)(H,17,20)/t8-/m1/s1. The third kappa shape index (κ3) is 3.68. The van der Waals surface area contributed by atoms with Crippen LogP contribution in [0.15, 0.2) is 22.5 Å². The third-order valence-corrected chi connectivity index (χ3v) is 5.34. The molecule has 2 N–H and O–H groups in total. The summed E-state index contributed by atoms with van der Waals surface area (Å²) in [5, 5.41) is 14.3. The average molecular weight is 364 g/mol. The molecule has 2 aromatic rings. The maximum Gasteiger partial charge on any atom is 0.262 e. The van der Waals surface area contributed by atoms with Crippen LogP contribution in [0.5, 0.6) is 5.75 Å². The average Bonchev–Trinajstić information content (AvgIpc) is 3.00. The number of thioether (sulfide) groups is 1. The van der Waals surface area contributed by atoms with Crippen LogP contribution in [0.25, 0.3) is 0 Å². The zero-order valence-electron chi connectivity index (χ0n) is 13.2. The van der Waals surface area contributed by atoms with Crippen LogP contribution in [0.4, 0.5) is 10.8 Å². The molecule has 0 saturated carbocycles. The summed E-state index contributed by atoms with van der Waals surface area (Å²) in [7, 11) is 0. The predicted octanol–water partition coefficient (Wildman–Crippen LogP) is 2.66. The van der Waals surface area contributed by atoms with Gasteiger partial charge in [0.25, 0.3) is 5.91 Å². The van der Waals surface area contributed by atoms with Crippen molar-refractivity contribution < 1.29 is 14.3 Å². The van der Waals surface area contributed by atoms with Crippen LogP contribution in [0.1, 0.15) is 24.2 Å². The number of nitrogens with one attached hydrogen (secondary N) is 2. The molecule has 1 aromatic heterocycles. The van der Waals surface area contributed by atoms with E-state index in [2.05, 4.69) is 20.8 Å². The molecule has 1 atom stereocenters. The van der Waals surface area contributed by atoms with Crippen molar-refractivity contribution in [2.45, 2.75) is 23.4 Å². The number of ketones is 1. The Hall–Kier alpha value is -2.13. The van der Waals surface area contributed by atoms with Crippen LogP contribution in [0.2, 0.25) is 0 Å². The van der Waals surface area contributed by atoms with Gasteiger partial charge in [0.1, 0.15) is 5.75 Å². The number of hydrogen-bond acceptors (Lipinski definition) is 8. The number of hydrogen-bond donors (Lipinski definition) is 2. The molecule has 24 heavy (non-hydrogen) atoms. The predicted molar refractivity (Wildman–Crippen MR) is 94.3 cm³/mol. The number of anilines is 2. The van der Waals surface area contributed by atoms with E-state index in [1.165, 1.54) is 23.1 Å². The first-order valence-corrected chi connectivity index (χ1v) is 9.11. The zero-order valence-corrected chi connectivity index (χ0v) is 14.8. The van der Waals surface area contributed by atoms with Gasteiger partial charge in [0, 0.05) is 12.1 Å². The van der Waals surface area contributed by atoms with Gasteiger partial charge in [-0.15, -0.1) is 10.2 Å². The number of Topliss-reactive ketones (excluding diaryl/α,β-unsaturated/α-hetero) is 1. The van der Waals surface area contributed by atoms with Gasteiger partial charge in [-0.3, -0.25) is 9.59 Å². The lowest BCUT2D eigenvalue weighted by atomic mass is 10.1. The SMILES string of the molecule is CCNc1nnc(S[C@H](C)C(=O)c2ccc3c(c2)NC(=O)CO3)s1. The topological polar surface area (TPSA) is 93.2 Å². The van der Waals surface area contributed by atoms with Crippen molar-refractivity contribution in [3.8, 4) is 5.75 Å². The van der Waals surface area contributed by atoms with Crippen LogP contribution in [-0.4, -0.2) is 40.3 Å². The van der Waals surface area contributed by atoms with Gasteiger partial charge in [-0.05, 0) is 32.0 Å². The second kappa shape index (κ2) is 7.18. The van der Waals surface area contributed by atoms with E-state index in [1.54, 1.807) is 18.2 Å². The molecule has 0 saturated heterocycles. The number of rotatable bonds is 6. The Morgan fingerprint density at radius 1 is 1.50 bits per heavy atom. The summed E-state index contributed by atoms with van der Waals surface area (Å²) in [5.41, 5.74) is 1.05. The number of ether oxygens (including phenoxy) is 1. The van der Waals surface area contributed by atoms with E-state index in [4.69, 9.17) is 4.74 Å². The minimum absolute atomic E-state index is 0.00226. The molecule has 9 heteroatoms. The van der Waals surface area contributed by atoms with Gasteiger partial charge in [0.15, 0.2) is 16.7 Å². The minimum Gasteiger partial charge on any atom is -0.482 e. The normalized spacial score (nSPS) is 14.3. The Morgan fingerprint density at radius 3 is 3.12 bits per heavy atom. The van der Waals surface area contributed by atoms with Crippen molar-refractivity contribution in [1.82, 2.24) is 10.2 Å². The highest BCUT2D eigenvalue weighted by molar-refractivity contribution is 8.02. The number of carbonyl (C=O) groups excluding carboxylic acids is 2. The van der Waals surface area contributed by atoms with Crippen LogP contribution in [-0.2, 0) is 4.79 Å². The molecule has 1 amide bonds. The smallest absolute Gasteiger partial charge is 0.262 e. The number of fused-ring (bicyclic) bond motifs is 1. The van der Waals surface area contributed by atoms with Crippen molar-refractivity contribution >= 4 is 45.6 Å². The fourth-order valence-corrected chi connectivity index (χ4v) is 4.20. The van der Waals surface area contributed by atoms with E-state index in [9.17, 15) is 9.59 Å². The fraction of sp³-hybridized carbons (Fsp3) is 0.333. The van der Waals surface area contributed by atoms with Crippen molar-refractivity contribution in [1.29, 1.82) is 0 Å². The number of benzene rings is 1. The Labute approximate surface area is 147 Å². The van der Waals surface area contributed by atoms with Crippen LogP contribution < -0.4 is 15.4 Å². The molecule has 126 valence electrons. The molecule has 1 aliphatic heterocycles. The van der Waals surface area contributed by atoms with Crippen LogP contribution in [0, 0.1) is 0 Å². The molecular formula is C15H16N4O3S2. The van der Waals surface area contributed by atoms with Crippen molar-refractivity contribution in [2.24, 2.45) is 0 Å². The summed E-state index contributed by atoms with van der Waals surface area (Å²) >= 11 is 2.79. The summed E-state index contributed by atoms with van der Waals surface area (Å²) in [6, 6.07) is 5.06. The van der Waals surface area contributed by atoms with Crippen LogP contribution >= 0.6 is 23.1 Å². The molecule has 0 unspecified atom stereocenters. The second-order valence-corrected chi connectivity index (χ2v) is 7.64. The van der Waals surface area contributed by atoms with Crippen molar-refractivity contribution in [2.75, 3.05) is 23.8 Å². The molecule has 0 spiro atoms. The van der Waals surface area contributed by atoms with Gasteiger partial charge in [0.05, 0.1) is 10.9 Å². The molecule has 2 heterocycles. The van der Waals surface area contributed by atoms with Gasteiger partial charge in [0.2, 0.25) is 5.13 Å². The van der Waals surface area contributed by atoms with E-state index >= 15 is 0 Å². The summed E-state index contributed by atoms with van der Waals surface area (Å²) in [6.45, 7) is 4.59. The Kier molecular flexibility index (Phi) is 5.00. The summed E-state index contributed by atoms with van der Waals surface area (Å²) < 4.78 is 6.04. The van der Waals surface area contributed by atoms with E-state index in [0.717, 1.165) is 16.0 Å². The summed E-state index contributed by atoms with van der Waals surface area (Å²) in [5.74, 6) is 0.313. The van der Waals surface area contributed by atoms with Crippen molar-refractivity contribution in [3.05, 3.63) is 23.8 Å². The number of amides is 1. The fourth-order valence-electron chi connectivity index (χ4n) is 2.16. The molecular weight excluding hydrogens is 348 g/mol. The molecule has 0 aliphatic carbocycles. The lowest BCUT2D eigenvalue weighted by Crippen LogP contribution is -2.25. The minimum atomic E-state index is -0.314. The lowest BCUT2D eigenvalue weighted by molar-refractivity contribution is -0.118. The second-order valence-electron chi connectivity index (χ2n) is 5.08. The highest BCUT2D eigenvalue weighted by atomic mass is 32.2. The van der Waals surface area contributed by atoms with Gasteiger partial charge in [-0.1, -0.05) is 23.1 Å². The van der Waals surface area contributed by atoms with E-state index in [1.807, 2.05) is 13.8 Å². The first-order valence-electron chi connectivity index (χ1n) is 7.41. The molecule has 7 nitrogen and oxygen atoms in total. The first kappa shape index (κ1) is 16.7. The first-order chi connectivity index (χ1) is 11.6. The molecule has 1 aromatic carbocycles. The maximum absolute atomic E-state index is 12.6. The largest absolute Gasteiger partial charge is 0.482 e. The van der Waals surface area contributed by atoms with Crippen LogP contribution in [0.3, 0.4) is 0 Å². The maximum atomic E-state index is 12.6. The highest BCUT2D eigenvalue weighted by Crippen LogP contribution is 2.33. The number of nitrogens with zero attached hydrogens (tertiary/aromatic N) is 2. The number of carbonyl (C=O) groups is 2. The molecule has 1 aliphatic rings. The van der Waals surface area contributed by atoms with E-state index in [-0.39, 0.29) is 23.5 Å². The van der Waals surface area contributed by atoms with Gasteiger partial charge >= 0.3 is 0 Å². The third-order valence-electron chi connectivity index (χ3n) is 3.28. The monoisotopic (exact) mass is 364 g/mol. The molecule has 0 fully saturated rings. The highest BCUT2D eigenvalue weighted by Gasteiger charge is 2.22. The quantitative estimate of drug-likeness (QED) is 0.601. The van der Waals surface area contributed by atoms with Gasteiger partial charge in [-0.2, -0.15) is 0 Å². The molecule has 3 rings (SSSR count). The molecule has 0 radical (unpaired) electrons. The molecule has 0 bridgehead atoms. The van der Waals surface area contributed by atoms with E-state index in [0.29, 0.717) is 17.0 Å². The van der Waals surface area contributed by atoms with Gasteiger partial charge in [-0.25, -0.2) is 0 Å². The van der Waals surface area contributed by atoms with Crippen molar-refractivity contribution in [3.63, 3.8) is 0 Å². The lowest BCUT2D eigenvalue weighted by Gasteiger charge is -2.18. The summed E-state index contributed by atoms with van der Waals surface area (Å²) in [6.07, 6.45) is 0. The zero-order chi connectivity index (χ0) is 17.1. The Bertz CT molecular complexity index is 778. The van der Waals surface area contributed by atoms with E-state index < -0.39 is 0 Å². The van der Waals surface area contributed by atoms with Gasteiger partial charge < -0.3 is 15.4 Å². The summed E-state index contributed by atoms with van der Waals surface area (Å²) in [4.78, 5) is 24.0. The number of aromatic nitrogens is 2. The Balaban J connectivity index is 1.71. The Morgan fingerprint density at radius 2 is 2.33 bits per heavy atom.